The zero-order chi connectivity index (χ0) is 20.8. The first-order valence-electron chi connectivity index (χ1n) is 8.91. The summed E-state index contributed by atoms with van der Waals surface area (Å²) < 4.78 is 0. The fraction of sp³-hybridized carbons (Fsp3) is 0.0909. The van der Waals surface area contributed by atoms with E-state index in [-0.39, 0.29) is 11.3 Å². The zero-order valence-electron chi connectivity index (χ0n) is 16.1. The topological polar surface area (TPSA) is 87.8 Å². The molecule has 0 aromatic heterocycles. The predicted octanol–water partition coefficient (Wildman–Crippen LogP) is 3.84. The van der Waals surface area contributed by atoms with Crippen molar-refractivity contribution in [1.82, 2.24) is 5.43 Å². The molecule has 0 spiro atoms. The Kier molecular flexibility index (Phi) is 5.99. The lowest BCUT2D eigenvalue weighted by Gasteiger charge is -2.13. The molecule has 0 unspecified atom stereocenters. The number of benzene rings is 3. The Balaban J connectivity index is 1.88. The highest BCUT2D eigenvalue weighted by molar-refractivity contribution is 6.13. The second-order valence-corrected chi connectivity index (χ2v) is 6.51. The molecule has 0 aliphatic rings. The number of hydrogen-bond donors (Lipinski definition) is 1. The minimum atomic E-state index is -0.509. The maximum atomic E-state index is 12.4. The van der Waals surface area contributed by atoms with Crippen LogP contribution in [0.2, 0.25) is 0 Å². The van der Waals surface area contributed by atoms with Crippen LogP contribution >= 0.6 is 0 Å². The number of nitro groups is 1. The number of nitrogens with one attached hydrogen (secondary N) is 1. The Labute approximate surface area is 168 Å². The molecule has 1 N–H and O–H groups in total. The van der Waals surface area contributed by atoms with E-state index in [1.165, 1.54) is 24.3 Å². The van der Waals surface area contributed by atoms with Crippen molar-refractivity contribution in [1.29, 1.82) is 0 Å². The highest BCUT2D eigenvalue weighted by Gasteiger charge is 2.11. The molecule has 146 valence electrons. The van der Waals surface area contributed by atoms with Crippen LogP contribution in [0.3, 0.4) is 0 Å². The molecular weight excluding hydrogens is 368 g/mol. The molecule has 3 aromatic rings. The number of carbonyl (C=O) groups is 1. The van der Waals surface area contributed by atoms with Crippen molar-refractivity contribution in [2.45, 2.75) is 0 Å². The molecule has 0 saturated heterocycles. The fourth-order valence-corrected chi connectivity index (χ4v) is 2.71. The van der Waals surface area contributed by atoms with Crippen LogP contribution < -0.4 is 10.3 Å². The summed E-state index contributed by atoms with van der Waals surface area (Å²) in [6.45, 7) is 0. The van der Waals surface area contributed by atoms with E-state index in [1.807, 2.05) is 73.6 Å². The lowest BCUT2D eigenvalue weighted by atomic mass is 10.0. The van der Waals surface area contributed by atoms with Crippen molar-refractivity contribution in [3.05, 3.63) is 106 Å². The minimum Gasteiger partial charge on any atom is -0.378 e. The number of hydrazone groups is 1. The van der Waals surface area contributed by atoms with Crippen molar-refractivity contribution < 1.29 is 9.72 Å². The van der Waals surface area contributed by atoms with Gasteiger partial charge in [0.05, 0.1) is 10.6 Å². The number of anilines is 1. The van der Waals surface area contributed by atoms with Gasteiger partial charge in [-0.1, -0.05) is 42.5 Å². The lowest BCUT2D eigenvalue weighted by molar-refractivity contribution is -0.384. The van der Waals surface area contributed by atoms with Gasteiger partial charge in [0.2, 0.25) is 0 Å². The van der Waals surface area contributed by atoms with Crippen LogP contribution in [0.25, 0.3) is 0 Å². The summed E-state index contributed by atoms with van der Waals surface area (Å²) in [6, 6.07) is 22.8. The summed E-state index contributed by atoms with van der Waals surface area (Å²) in [5.74, 6) is -0.446. The molecule has 3 aromatic carbocycles. The molecule has 0 aliphatic carbocycles. The molecule has 0 heterocycles. The van der Waals surface area contributed by atoms with E-state index in [4.69, 9.17) is 0 Å². The van der Waals surface area contributed by atoms with E-state index in [0.717, 1.165) is 16.8 Å². The summed E-state index contributed by atoms with van der Waals surface area (Å²) in [5, 5.41) is 15.1. The van der Waals surface area contributed by atoms with Crippen molar-refractivity contribution in [3.8, 4) is 0 Å². The van der Waals surface area contributed by atoms with Crippen molar-refractivity contribution in [3.63, 3.8) is 0 Å². The molecule has 0 fully saturated rings. The highest BCUT2D eigenvalue weighted by Crippen LogP contribution is 2.17. The Morgan fingerprint density at radius 2 is 1.41 bits per heavy atom. The van der Waals surface area contributed by atoms with Gasteiger partial charge in [-0.3, -0.25) is 14.9 Å². The molecular formula is C22H20N4O3. The summed E-state index contributed by atoms with van der Waals surface area (Å²) >= 11 is 0. The van der Waals surface area contributed by atoms with Gasteiger partial charge in [-0.05, 0) is 24.3 Å². The maximum Gasteiger partial charge on any atom is 0.271 e. The Morgan fingerprint density at radius 3 is 1.97 bits per heavy atom. The van der Waals surface area contributed by atoms with Gasteiger partial charge in [-0.2, -0.15) is 5.10 Å². The van der Waals surface area contributed by atoms with Crippen molar-refractivity contribution >= 4 is 23.0 Å². The number of nitro benzene ring substituents is 1. The van der Waals surface area contributed by atoms with Gasteiger partial charge >= 0.3 is 0 Å². The first-order chi connectivity index (χ1) is 14.0. The number of non-ortho nitro benzene ring substituents is 1. The van der Waals surface area contributed by atoms with Gasteiger partial charge < -0.3 is 4.90 Å². The van der Waals surface area contributed by atoms with Gasteiger partial charge in [0.1, 0.15) is 0 Å². The summed E-state index contributed by atoms with van der Waals surface area (Å²) in [5.41, 5.74) is 6.14. The van der Waals surface area contributed by atoms with E-state index in [9.17, 15) is 14.9 Å². The fourth-order valence-electron chi connectivity index (χ4n) is 2.71. The third-order valence-corrected chi connectivity index (χ3v) is 4.31. The number of hydrogen-bond acceptors (Lipinski definition) is 5. The number of amides is 1. The average molecular weight is 388 g/mol. The van der Waals surface area contributed by atoms with Crippen LogP contribution in [0.5, 0.6) is 0 Å². The lowest BCUT2D eigenvalue weighted by Crippen LogP contribution is -2.20. The van der Waals surface area contributed by atoms with E-state index < -0.39 is 10.8 Å². The maximum absolute atomic E-state index is 12.4. The third kappa shape index (κ3) is 4.84. The molecule has 0 bridgehead atoms. The van der Waals surface area contributed by atoms with E-state index in [0.29, 0.717) is 5.71 Å². The summed E-state index contributed by atoms with van der Waals surface area (Å²) in [4.78, 5) is 24.7. The Morgan fingerprint density at radius 1 is 0.862 bits per heavy atom. The quantitative estimate of drug-likeness (QED) is 0.395. The van der Waals surface area contributed by atoms with Crippen molar-refractivity contribution in [2.75, 3.05) is 19.0 Å². The molecule has 0 atom stereocenters. The molecule has 7 nitrogen and oxygen atoms in total. The second kappa shape index (κ2) is 8.79. The van der Waals surface area contributed by atoms with Crippen LogP contribution in [0.4, 0.5) is 11.4 Å². The SMILES string of the molecule is CN(C)c1ccc(/C(=N\NC(=O)c2ccc([N+](=O)[O-])cc2)c2ccccc2)cc1. The molecule has 0 aliphatic heterocycles. The van der Waals surface area contributed by atoms with Crippen LogP contribution in [-0.4, -0.2) is 30.6 Å². The summed E-state index contributed by atoms with van der Waals surface area (Å²) in [6.07, 6.45) is 0. The highest BCUT2D eigenvalue weighted by atomic mass is 16.6. The molecule has 3 rings (SSSR count). The Hall–Kier alpha value is -4.00. The van der Waals surface area contributed by atoms with E-state index >= 15 is 0 Å². The van der Waals surface area contributed by atoms with E-state index in [1.54, 1.807) is 0 Å². The van der Waals surface area contributed by atoms with Gasteiger partial charge in [0.25, 0.3) is 11.6 Å². The van der Waals surface area contributed by atoms with Gasteiger partial charge in [-0.15, -0.1) is 0 Å². The standard InChI is InChI=1S/C22H20N4O3/c1-25(2)19-12-8-17(9-13-19)21(16-6-4-3-5-7-16)23-24-22(27)18-10-14-20(15-11-18)26(28)29/h3-15H,1-2H3,(H,24,27)/b23-21-. The number of nitrogens with zero attached hydrogens (tertiary/aromatic N) is 3. The molecule has 0 saturated carbocycles. The van der Waals surface area contributed by atoms with Crippen LogP contribution in [0.15, 0.2) is 84.0 Å². The van der Waals surface area contributed by atoms with Crippen molar-refractivity contribution in [2.24, 2.45) is 5.10 Å². The zero-order valence-corrected chi connectivity index (χ0v) is 16.1. The smallest absolute Gasteiger partial charge is 0.271 e. The monoisotopic (exact) mass is 388 g/mol. The van der Waals surface area contributed by atoms with E-state index in [2.05, 4.69) is 10.5 Å². The first-order valence-corrected chi connectivity index (χ1v) is 8.91. The normalized spacial score (nSPS) is 11.0. The van der Waals surface area contributed by atoms with Crippen LogP contribution in [0.1, 0.15) is 21.5 Å². The van der Waals surface area contributed by atoms with Crippen LogP contribution in [0, 0.1) is 10.1 Å². The minimum absolute atomic E-state index is 0.0731. The summed E-state index contributed by atoms with van der Waals surface area (Å²) in [7, 11) is 3.93. The molecule has 29 heavy (non-hydrogen) atoms. The van der Waals surface area contributed by atoms with Gasteiger partial charge in [-0.25, -0.2) is 5.43 Å². The second-order valence-electron chi connectivity index (χ2n) is 6.51. The van der Waals surface area contributed by atoms with Gasteiger partial charge in [0.15, 0.2) is 0 Å². The first kappa shape index (κ1) is 19.8. The molecule has 1 amide bonds. The Bertz CT molecular complexity index is 1030. The number of carbonyl (C=O) groups excluding carboxylic acids is 1. The van der Waals surface area contributed by atoms with Gasteiger partial charge in [0, 0.05) is 48.6 Å². The van der Waals surface area contributed by atoms with Crippen LogP contribution in [-0.2, 0) is 0 Å². The predicted molar refractivity (Wildman–Crippen MR) is 113 cm³/mol. The largest absolute Gasteiger partial charge is 0.378 e. The number of rotatable bonds is 6. The third-order valence-electron chi connectivity index (χ3n) is 4.31. The molecule has 7 heteroatoms. The molecule has 0 radical (unpaired) electrons. The average Bonchev–Trinajstić information content (AvgIpc) is 2.75.